The predicted molar refractivity (Wildman–Crippen MR) is 111 cm³/mol. The fraction of sp³-hybridized carbons (Fsp3) is 0.792. The zero-order valence-corrected chi connectivity index (χ0v) is 19.0. The third-order valence-corrected chi connectivity index (χ3v) is 9.01. The molecule has 0 saturated heterocycles. The Hall–Kier alpha value is -1.73. The molecule has 4 fully saturated rings. The highest BCUT2D eigenvalue weighted by Gasteiger charge is 2.77. The van der Waals surface area contributed by atoms with Crippen molar-refractivity contribution in [2.24, 2.45) is 34.0 Å². The number of fused-ring (bicyclic) bond motifs is 3. The van der Waals surface area contributed by atoms with Crippen molar-refractivity contribution in [3.05, 3.63) is 12.2 Å². The van der Waals surface area contributed by atoms with E-state index in [0.717, 1.165) is 0 Å². The summed E-state index contributed by atoms with van der Waals surface area (Å²) in [5.41, 5.74) is -1.89. The number of rotatable bonds is 2. The number of hydrogen-bond donors (Lipinski definition) is 2. The number of carbonyl (C=O) groups excluding carboxylic acids is 3. The Kier molecular flexibility index (Phi) is 4.99. The molecule has 0 aliphatic heterocycles. The zero-order chi connectivity index (χ0) is 23.1. The zero-order valence-electron chi connectivity index (χ0n) is 19.0. The van der Waals surface area contributed by atoms with Gasteiger partial charge in [0.05, 0.1) is 17.6 Å². The fourth-order valence-corrected chi connectivity index (χ4v) is 8.10. The molecule has 0 aromatic carbocycles. The molecular weight excluding hydrogens is 400 g/mol. The molecule has 7 heteroatoms. The Morgan fingerprint density at radius 3 is 2.29 bits per heavy atom. The van der Waals surface area contributed by atoms with Gasteiger partial charge in [0.1, 0.15) is 6.10 Å². The van der Waals surface area contributed by atoms with Crippen LogP contribution in [-0.4, -0.2) is 52.4 Å². The van der Waals surface area contributed by atoms with Crippen LogP contribution >= 0.6 is 0 Å². The van der Waals surface area contributed by atoms with Crippen LogP contribution in [0.5, 0.6) is 0 Å². The van der Waals surface area contributed by atoms with Crippen LogP contribution in [0, 0.1) is 34.0 Å². The van der Waals surface area contributed by atoms with Crippen molar-refractivity contribution in [2.75, 3.05) is 0 Å². The van der Waals surface area contributed by atoms with Crippen molar-refractivity contribution < 1.29 is 34.1 Å². The molecule has 0 heterocycles. The molecule has 0 aromatic heterocycles. The molecule has 4 rings (SSSR count). The third kappa shape index (κ3) is 2.81. The van der Waals surface area contributed by atoms with Gasteiger partial charge in [0, 0.05) is 31.1 Å². The van der Waals surface area contributed by atoms with Gasteiger partial charge in [0.2, 0.25) is 0 Å². The molecule has 9 atom stereocenters. The summed E-state index contributed by atoms with van der Waals surface area (Å²) >= 11 is 0. The summed E-state index contributed by atoms with van der Waals surface area (Å²) in [4.78, 5) is 38.2. The van der Waals surface area contributed by atoms with E-state index in [0.29, 0.717) is 31.3 Å². The molecule has 9 unspecified atom stereocenters. The minimum Gasteiger partial charge on any atom is -0.462 e. The summed E-state index contributed by atoms with van der Waals surface area (Å²) in [6.07, 6.45) is -1.39. The Labute approximate surface area is 183 Å². The number of ketones is 1. The van der Waals surface area contributed by atoms with Crippen molar-refractivity contribution in [2.45, 2.75) is 84.7 Å². The number of Topliss-reactive ketones (excluding diaryl/α,β-unsaturated/α-hetero) is 1. The van der Waals surface area contributed by atoms with Crippen LogP contribution in [0.3, 0.4) is 0 Å². The maximum absolute atomic E-state index is 14.0. The Bertz CT molecular complexity index is 847. The molecule has 31 heavy (non-hydrogen) atoms. The average Bonchev–Trinajstić information content (AvgIpc) is 2.83. The second-order valence-electron chi connectivity index (χ2n) is 11.1. The van der Waals surface area contributed by atoms with Crippen molar-refractivity contribution >= 4 is 17.7 Å². The van der Waals surface area contributed by atoms with Gasteiger partial charge >= 0.3 is 11.9 Å². The number of hydrogen-bond acceptors (Lipinski definition) is 7. The molecule has 4 aliphatic carbocycles. The normalized spacial score (nSPS) is 47.9. The molecule has 0 amide bonds. The first-order valence-corrected chi connectivity index (χ1v) is 11.2. The summed E-state index contributed by atoms with van der Waals surface area (Å²) in [6, 6.07) is 0. The Morgan fingerprint density at radius 2 is 1.71 bits per heavy atom. The molecule has 2 N–H and O–H groups in total. The van der Waals surface area contributed by atoms with Crippen LogP contribution < -0.4 is 0 Å². The Balaban J connectivity index is 1.97. The smallest absolute Gasteiger partial charge is 0.303 e. The monoisotopic (exact) mass is 434 g/mol. The van der Waals surface area contributed by atoms with Crippen LogP contribution in [0.1, 0.15) is 60.3 Å². The van der Waals surface area contributed by atoms with Crippen molar-refractivity contribution in [1.29, 1.82) is 0 Å². The third-order valence-electron chi connectivity index (χ3n) is 9.01. The first kappa shape index (κ1) is 22.5. The molecule has 4 aliphatic rings. The number of carbonyl (C=O) groups is 3. The lowest BCUT2D eigenvalue weighted by atomic mass is 9.39. The first-order chi connectivity index (χ1) is 14.3. The van der Waals surface area contributed by atoms with E-state index in [2.05, 4.69) is 6.58 Å². The number of aliphatic hydroxyl groups is 2. The van der Waals surface area contributed by atoms with Crippen molar-refractivity contribution in [1.82, 2.24) is 0 Å². The van der Waals surface area contributed by atoms with Crippen LogP contribution in [0.4, 0.5) is 0 Å². The molecule has 2 bridgehead atoms. The lowest BCUT2D eigenvalue weighted by molar-refractivity contribution is -0.251. The van der Waals surface area contributed by atoms with Gasteiger partial charge in [-0.15, -0.1) is 0 Å². The highest BCUT2D eigenvalue weighted by Crippen LogP contribution is 2.72. The van der Waals surface area contributed by atoms with E-state index < -0.39 is 64.4 Å². The van der Waals surface area contributed by atoms with E-state index in [1.165, 1.54) is 13.8 Å². The maximum Gasteiger partial charge on any atom is 0.303 e. The quantitative estimate of drug-likeness (QED) is 0.506. The second-order valence-corrected chi connectivity index (χ2v) is 11.1. The van der Waals surface area contributed by atoms with Gasteiger partial charge < -0.3 is 19.7 Å². The van der Waals surface area contributed by atoms with Gasteiger partial charge in [-0.25, -0.2) is 0 Å². The summed E-state index contributed by atoms with van der Waals surface area (Å²) in [6.45, 7) is 12.5. The molecule has 0 aromatic rings. The molecule has 1 spiro atoms. The molecule has 7 nitrogen and oxygen atoms in total. The van der Waals surface area contributed by atoms with Crippen molar-refractivity contribution in [3.8, 4) is 0 Å². The van der Waals surface area contributed by atoms with Gasteiger partial charge in [-0.2, -0.15) is 0 Å². The predicted octanol–water partition coefficient (Wildman–Crippen LogP) is 2.18. The maximum atomic E-state index is 14.0. The van der Waals surface area contributed by atoms with Gasteiger partial charge in [-0.3, -0.25) is 14.4 Å². The highest BCUT2D eigenvalue weighted by molar-refractivity contribution is 5.91. The van der Waals surface area contributed by atoms with Crippen LogP contribution in [0.15, 0.2) is 12.2 Å². The van der Waals surface area contributed by atoms with Gasteiger partial charge in [0.25, 0.3) is 0 Å². The van der Waals surface area contributed by atoms with E-state index in [1.807, 2.05) is 20.8 Å². The first-order valence-electron chi connectivity index (χ1n) is 11.2. The van der Waals surface area contributed by atoms with Gasteiger partial charge in [0.15, 0.2) is 11.9 Å². The number of esters is 2. The van der Waals surface area contributed by atoms with Gasteiger partial charge in [-0.05, 0) is 42.6 Å². The summed E-state index contributed by atoms with van der Waals surface area (Å²) < 4.78 is 11.5. The number of ether oxygens (including phenoxy) is 2. The van der Waals surface area contributed by atoms with E-state index in [4.69, 9.17) is 9.47 Å². The minimum atomic E-state index is -1.17. The minimum absolute atomic E-state index is 0.121. The SMILES string of the molecule is C=C1C2CC(OC(C)=O)C3C4(C)CCC(O)C(C)(C)C4C(=O)C(OC(C)=O)C3(C2)C1O. The summed E-state index contributed by atoms with van der Waals surface area (Å²) in [5, 5.41) is 22.3. The van der Waals surface area contributed by atoms with E-state index in [9.17, 15) is 24.6 Å². The van der Waals surface area contributed by atoms with Crippen LogP contribution in [0.25, 0.3) is 0 Å². The highest BCUT2D eigenvalue weighted by atomic mass is 16.6. The Morgan fingerprint density at radius 1 is 1.10 bits per heavy atom. The fourth-order valence-electron chi connectivity index (χ4n) is 8.10. The molecule has 172 valence electrons. The van der Waals surface area contributed by atoms with E-state index in [-0.39, 0.29) is 11.7 Å². The summed E-state index contributed by atoms with van der Waals surface area (Å²) in [7, 11) is 0. The van der Waals surface area contributed by atoms with Crippen LogP contribution in [0.2, 0.25) is 0 Å². The largest absolute Gasteiger partial charge is 0.462 e. The second kappa shape index (κ2) is 6.88. The standard InChI is InChI=1S/C24H34O7/c1-11-14-9-15(30-12(2)25)18-23(6)8-7-16(27)22(4,5)19(23)17(28)21(31-13(3)26)24(18,10-14)20(11)29/h14-16,18-21,27,29H,1,7-10H2,2-6H3. The topological polar surface area (TPSA) is 110 Å². The number of aliphatic hydroxyl groups excluding tert-OH is 2. The van der Waals surface area contributed by atoms with Crippen molar-refractivity contribution in [3.63, 3.8) is 0 Å². The molecule has 0 radical (unpaired) electrons. The average molecular weight is 435 g/mol. The lowest BCUT2D eigenvalue weighted by Crippen LogP contribution is -2.73. The van der Waals surface area contributed by atoms with E-state index >= 15 is 0 Å². The van der Waals surface area contributed by atoms with Crippen LogP contribution in [-0.2, 0) is 23.9 Å². The lowest BCUT2D eigenvalue weighted by Gasteiger charge is -2.66. The molecular formula is C24H34O7. The van der Waals surface area contributed by atoms with E-state index in [1.54, 1.807) is 0 Å². The van der Waals surface area contributed by atoms with Gasteiger partial charge in [-0.1, -0.05) is 27.4 Å². The summed E-state index contributed by atoms with van der Waals surface area (Å²) in [5.74, 6) is -2.41. The molecule has 4 saturated carbocycles.